The van der Waals surface area contributed by atoms with Crippen LogP contribution in [0.1, 0.15) is 185 Å². The van der Waals surface area contributed by atoms with Crippen LogP contribution in [-0.2, 0) is 49.3 Å². The van der Waals surface area contributed by atoms with Crippen LogP contribution in [0.25, 0.3) is 0 Å². The van der Waals surface area contributed by atoms with E-state index in [0.717, 1.165) is 67.3 Å². The molecule has 0 spiro atoms. The Morgan fingerprint density at radius 1 is 0.699 bits per heavy atom. The molecule has 1 fully saturated rings. The average Bonchev–Trinajstić information content (AvgIpc) is 3.34. The fourth-order valence-electron chi connectivity index (χ4n) is 7.35. The molecular weight excluding hydrogens is 945 g/mol. The Kier molecular flexibility index (Phi) is 43.0. The highest BCUT2D eigenvalue weighted by molar-refractivity contribution is 8.12. The van der Waals surface area contributed by atoms with Gasteiger partial charge in [-0.25, -0.2) is 0 Å². The highest BCUT2D eigenvalue weighted by Crippen LogP contribution is 2.31. The number of aliphatic hydroxyl groups is 1. The van der Waals surface area contributed by atoms with E-state index in [1.54, 1.807) is 13.2 Å². The summed E-state index contributed by atoms with van der Waals surface area (Å²) in [5, 5.41) is 9.71. The molecule has 73 heavy (non-hydrogen) atoms. The molecule has 1 N–H and O–H groups in total. The maximum Gasteiger partial charge on any atom is 0.307 e. The number of benzene rings is 1. The first-order valence-corrected chi connectivity index (χ1v) is 27.8. The third kappa shape index (κ3) is 38.6. The quantitative estimate of drug-likeness (QED) is 0.0413. The van der Waals surface area contributed by atoms with Crippen LogP contribution >= 0.6 is 11.8 Å². The number of amides is 1. The second kappa shape index (κ2) is 42.6. The van der Waals surface area contributed by atoms with Crippen LogP contribution in [-0.4, -0.2) is 124 Å². The molecule has 0 saturated heterocycles. The Labute approximate surface area is 450 Å². The first kappa shape index (κ1) is 73.6. The lowest BCUT2D eigenvalue weighted by atomic mass is 9.81. The van der Waals surface area contributed by atoms with Gasteiger partial charge in [-0.3, -0.25) is 24.0 Å². The number of aryl methyl sites for hydroxylation is 2. The molecule has 0 radical (unpaired) electrons. The Hall–Kier alpha value is -3.62. The molecule has 0 heterocycles. The second-order valence-electron chi connectivity index (χ2n) is 21.5. The summed E-state index contributed by atoms with van der Waals surface area (Å²) >= 11 is 0.956. The van der Waals surface area contributed by atoms with Gasteiger partial charge in [-0.2, -0.15) is 0 Å². The summed E-state index contributed by atoms with van der Waals surface area (Å²) in [6.45, 7) is 25.5. The predicted octanol–water partition coefficient (Wildman–Crippen LogP) is 13.3. The highest BCUT2D eigenvalue weighted by Gasteiger charge is 2.32. The maximum atomic E-state index is 13.1. The van der Waals surface area contributed by atoms with Crippen LogP contribution in [0.15, 0.2) is 36.6 Å². The van der Waals surface area contributed by atoms with Gasteiger partial charge in [-0.1, -0.05) is 163 Å². The van der Waals surface area contributed by atoms with E-state index in [0.29, 0.717) is 42.8 Å². The monoisotopic (exact) mass is 1050 g/mol. The standard InChI is InChI=1S/C49H79NO11S.C5H13N.C3H8.2CH4/c1-36(2)10-11-37(3)12-17-40(6)57-33-49(8,34-60-44(53)25-23-42-20-15-39(5)16-21-42)35-61-46(55)27-29-50(47(56)62-9)28-26-45(54)59-32-48(7,30-51)31-58-43(52)24-22-41-18-13-38(4)14-19-41;1-4-5-6(2)3;1-3-2;;/h15-16,20-21,36-38,41,51H,6,10-14,17-19,22-35H2,1-5,7-9H3;4-5H2,1-3H3;3H2,1-2H3;2*1H4. The summed E-state index contributed by atoms with van der Waals surface area (Å²) < 4.78 is 28.4. The molecule has 3 atom stereocenters. The molecule has 1 aliphatic rings. The number of rotatable bonds is 32. The molecule has 1 aliphatic carbocycles. The van der Waals surface area contributed by atoms with Gasteiger partial charge in [-0.15, -0.1) is 0 Å². The molecular formula is C59H108N2O11S. The fourth-order valence-corrected chi connectivity index (χ4v) is 7.79. The summed E-state index contributed by atoms with van der Waals surface area (Å²) in [5.41, 5.74) is 0.311. The van der Waals surface area contributed by atoms with Gasteiger partial charge >= 0.3 is 23.9 Å². The smallest absolute Gasteiger partial charge is 0.307 e. The van der Waals surface area contributed by atoms with Crippen LogP contribution in [0.5, 0.6) is 0 Å². The van der Waals surface area contributed by atoms with Gasteiger partial charge < -0.3 is 38.6 Å². The maximum absolute atomic E-state index is 13.1. The number of ether oxygens (including phenoxy) is 5. The van der Waals surface area contributed by atoms with Gasteiger partial charge in [0.25, 0.3) is 5.24 Å². The van der Waals surface area contributed by atoms with E-state index in [-0.39, 0.29) is 104 Å². The lowest BCUT2D eigenvalue weighted by Crippen LogP contribution is -2.37. The number of thioether (sulfide) groups is 1. The van der Waals surface area contributed by atoms with E-state index in [1.165, 1.54) is 37.1 Å². The van der Waals surface area contributed by atoms with Crippen molar-refractivity contribution in [2.24, 2.45) is 34.5 Å². The first-order chi connectivity index (χ1) is 33.5. The van der Waals surface area contributed by atoms with E-state index in [9.17, 15) is 29.1 Å². The van der Waals surface area contributed by atoms with Crippen molar-refractivity contribution in [1.29, 1.82) is 0 Å². The van der Waals surface area contributed by atoms with Crippen molar-refractivity contribution in [2.45, 2.75) is 187 Å². The molecule has 426 valence electrons. The summed E-state index contributed by atoms with van der Waals surface area (Å²) in [6.07, 6.45) is 14.2. The molecule has 0 aliphatic heterocycles. The van der Waals surface area contributed by atoms with E-state index >= 15 is 0 Å². The van der Waals surface area contributed by atoms with Gasteiger partial charge in [0.15, 0.2) is 0 Å². The van der Waals surface area contributed by atoms with Crippen molar-refractivity contribution < 1.29 is 52.8 Å². The number of aliphatic hydroxyl groups excluding tert-OH is 1. The Bertz CT molecular complexity index is 1630. The van der Waals surface area contributed by atoms with Crippen LogP contribution < -0.4 is 0 Å². The van der Waals surface area contributed by atoms with Crippen molar-refractivity contribution in [3.8, 4) is 0 Å². The minimum atomic E-state index is -0.984. The molecule has 14 heteroatoms. The third-order valence-corrected chi connectivity index (χ3v) is 13.0. The highest BCUT2D eigenvalue weighted by atomic mass is 32.2. The summed E-state index contributed by atoms with van der Waals surface area (Å²) in [4.78, 5) is 67.5. The lowest BCUT2D eigenvalue weighted by Gasteiger charge is -2.29. The summed E-state index contributed by atoms with van der Waals surface area (Å²) in [5.74, 6) is 1.20. The largest absolute Gasteiger partial charge is 0.498 e. The number of hydrogen-bond donors (Lipinski definition) is 1. The number of carbonyl (C=O) groups is 5. The predicted molar refractivity (Wildman–Crippen MR) is 303 cm³/mol. The average molecular weight is 1050 g/mol. The van der Waals surface area contributed by atoms with E-state index in [4.69, 9.17) is 23.7 Å². The molecule has 1 aromatic rings. The molecule has 1 saturated carbocycles. The van der Waals surface area contributed by atoms with Crippen molar-refractivity contribution in [2.75, 3.05) is 79.6 Å². The normalized spacial score (nSPS) is 15.9. The zero-order valence-electron chi connectivity index (χ0n) is 46.8. The second-order valence-corrected chi connectivity index (χ2v) is 22.2. The van der Waals surface area contributed by atoms with Gasteiger partial charge in [-0.05, 0) is 95.7 Å². The van der Waals surface area contributed by atoms with Crippen LogP contribution in [0, 0.1) is 41.4 Å². The Balaban J connectivity index is -0.00000408. The van der Waals surface area contributed by atoms with Crippen LogP contribution in [0.3, 0.4) is 0 Å². The number of carbonyl (C=O) groups excluding carboxylic acids is 5. The van der Waals surface area contributed by atoms with Crippen molar-refractivity contribution >= 4 is 40.9 Å². The topological polar surface area (TPSA) is 158 Å². The fraction of sp³-hybridized carbons (Fsp3) is 0.780. The van der Waals surface area contributed by atoms with E-state index < -0.39 is 22.8 Å². The molecule has 0 bridgehead atoms. The summed E-state index contributed by atoms with van der Waals surface area (Å²) in [6, 6.07) is 7.99. The Morgan fingerprint density at radius 2 is 1.16 bits per heavy atom. The number of esters is 4. The van der Waals surface area contributed by atoms with Gasteiger partial charge in [0.2, 0.25) is 0 Å². The molecule has 1 amide bonds. The SMILES string of the molecule is C.C.C=C(CCC(C)CCC(C)C)OCC(C)(COC(=O)CCc1ccc(C)cc1)COC(=O)CCN(CCC(=O)OCC(C)(CO)COC(=O)CCC1CCC(C)CC1)C(=O)SC.CCC.CCCN(C)C. The van der Waals surface area contributed by atoms with Gasteiger partial charge in [0.05, 0.1) is 42.6 Å². The van der Waals surface area contributed by atoms with Gasteiger partial charge in [0.1, 0.15) is 26.4 Å². The molecule has 0 aromatic heterocycles. The van der Waals surface area contributed by atoms with Crippen molar-refractivity contribution in [1.82, 2.24) is 9.80 Å². The molecule has 2 rings (SSSR count). The van der Waals surface area contributed by atoms with Crippen molar-refractivity contribution in [3.63, 3.8) is 0 Å². The molecule has 3 unspecified atom stereocenters. The molecule has 1 aromatic carbocycles. The minimum absolute atomic E-state index is 0. The molecule has 13 nitrogen and oxygen atoms in total. The van der Waals surface area contributed by atoms with Crippen molar-refractivity contribution in [3.05, 3.63) is 47.7 Å². The van der Waals surface area contributed by atoms with Gasteiger partial charge in [0, 0.05) is 32.4 Å². The van der Waals surface area contributed by atoms with E-state index in [2.05, 4.69) is 74.0 Å². The zero-order chi connectivity index (χ0) is 53.8. The number of hydrogen-bond acceptors (Lipinski definition) is 13. The lowest BCUT2D eigenvalue weighted by molar-refractivity contribution is -0.157. The van der Waals surface area contributed by atoms with Crippen LogP contribution in [0.4, 0.5) is 4.79 Å². The first-order valence-electron chi connectivity index (χ1n) is 26.6. The third-order valence-electron chi connectivity index (χ3n) is 12.4. The summed E-state index contributed by atoms with van der Waals surface area (Å²) in [7, 11) is 4.17. The minimum Gasteiger partial charge on any atom is -0.498 e. The number of allylic oxidation sites excluding steroid dienone is 1. The zero-order valence-corrected chi connectivity index (χ0v) is 47.7. The van der Waals surface area contributed by atoms with E-state index in [1.807, 2.05) is 38.1 Å². The van der Waals surface area contributed by atoms with Crippen LogP contribution in [0.2, 0.25) is 0 Å². The Morgan fingerprint density at radius 3 is 1.60 bits per heavy atom. The number of nitrogens with zero attached hydrogens (tertiary/aromatic N) is 2.